The number of hydrogen-bond donors (Lipinski definition) is 1. The SMILES string of the molecule is CCC1(c2nn3c(C(F)(F)F)nnc3s2)CCNC1. The van der Waals surface area contributed by atoms with E-state index in [1.54, 1.807) is 0 Å². The molecule has 5 nitrogen and oxygen atoms in total. The van der Waals surface area contributed by atoms with Gasteiger partial charge in [-0.1, -0.05) is 18.3 Å². The Morgan fingerprint density at radius 1 is 1.42 bits per heavy atom. The second-order valence-corrected chi connectivity index (χ2v) is 5.64. The number of nitrogens with one attached hydrogen (secondary N) is 1. The Labute approximate surface area is 110 Å². The molecule has 0 bridgehead atoms. The van der Waals surface area contributed by atoms with E-state index in [0.29, 0.717) is 5.01 Å². The van der Waals surface area contributed by atoms with Crippen molar-refractivity contribution in [3.8, 4) is 0 Å². The summed E-state index contributed by atoms with van der Waals surface area (Å²) < 4.78 is 39.0. The highest BCUT2D eigenvalue weighted by atomic mass is 32.1. The highest BCUT2D eigenvalue weighted by Crippen LogP contribution is 2.37. The molecule has 0 spiro atoms. The Morgan fingerprint density at radius 2 is 2.21 bits per heavy atom. The first-order chi connectivity index (χ1) is 8.96. The Kier molecular flexibility index (Phi) is 2.79. The van der Waals surface area contributed by atoms with Gasteiger partial charge in [0.15, 0.2) is 0 Å². The van der Waals surface area contributed by atoms with E-state index in [2.05, 4.69) is 20.6 Å². The van der Waals surface area contributed by atoms with Crippen LogP contribution in [0.3, 0.4) is 0 Å². The summed E-state index contributed by atoms with van der Waals surface area (Å²) in [6.45, 7) is 3.63. The predicted octanol–water partition coefficient (Wildman–Crippen LogP) is 1.85. The molecule has 0 aromatic carbocycles. The molecule has 1 fully saturated rings. The maximum atomic E-state index is 12.7. The van der Waals surface area contributed by atoms with E-state index >= 15 is 0 Å². The van der Waals surface area contributed by atoms with Gasteiger partial charge in [0.05, 0.1) is 0 Å². The van der Waals surface area contributed by atoms with Gasteiger partial charge in [0.1, 0.15) is 5.01 Å². The smallest absolute Gasteiger partial charge is 0.316 e. The molecule has 0 saturated carbocycles. The van der Waals surface area contributed by atoms with Crippen LogP contribution in [0.15, 0.2) is 0 Å². The van der Waals surface area contributed by atoms with Crippen LogP contribution in [-0.2, 0) is 11.6 Å². The van der Waals surface area contributed by atoms with Gasteiger partial charge in [-0.3, -0.25) is 0 Å². The second kappa shape index (κ2) is 4.14. The molecular weight excluding hydrogens is 279 g/mol. The lowest BCUT2D eigenvalue weighted by atomic mass is 9.85. The topological polar surface area (TPSA) is 55.1 Å². The molecule has 1 saturated heterocycles. The summed E-state index contributed by atoms with van der Waals surface area (Å²) in [5, 5.41) is 14.8. The van der Waals surface area contributed by atoms with Gasteiger partial charge in [-0.2, -0.15) is 22.8 Å². The van der Waals surface area contributed by atoms with Gasteiger partial charge < -0.3 is 5.32 Å². The molecule has 1 N–H and O–H groups in total. The van der Waals surface area contributed by atoms with Crippen LogP contribution in [0.1, 0.15) is 30.6 Å². The molecule has 9 heteroatoms. The summed E-state index contributed by atoms with van der Waals surface area (Å²) in [6, 6.07) is 0. The molecule has 1 unspecified atom stereocenters. The van der Waals surface area contributed by atoms with E-state index < -0.39 is 12.0 Å². The van der Waals surface area contributed by atoms with Gasteiger partial charge in [0.25, 0.3) is 5.82 Å². The fourth-order valence-corrected chi connectivity index (χ4v) is 3.51. The molecule has 3 rings (SSSR count). The summed E-state index contributed by atoms with van der Waals surface area (Å²) in [6.07, 6.45) is -2.81. The van der Waals surface area contributed by atoms with Crippen molar-refractivity contribution in [2.24, 2.45) is 0 Å². The fraction of sp³-hybridized carbons (Fsp3) is 0.700. The average molecular weight is 291 g/mol. The first-order valence-corrected chi connectivity index (χ1v) is 6.78. The van der Waals surface area contributed by atoms with E-state index in [1.165, 1.54) is 11.3 Å². The van der Waals surface area contributed by atoms with E-state index in [9.17, 15) is 13.2 Å². The van der Waals surface area contributed by atoms with Crippen molar-refractivity contribution < 1.29 is 13.2 Å². The first kappa shape index (κ1) is 12.8. The lowest BCUT2D eigenvalue weighted by molar-refractivity contribution is -0.146. The number of aromatic nitrogens is 4. The number of alkyl halides is 3. The molecule has 2 aromatic rings. The molecule has 1 aliphatic rings. The number of nitrogens with zero attached hydrogens (tertiary/aromatic N) is 4. The van der Waals surface area contributed by atoms with Crippen LogP contribution in [0, 0.1) is 0 Å². The largest absolute Gasteiger partial charge is 0.453 e. The standard InChI is InChI=1S/C10H12F3N5S/c1-2-9(3-4-14-5-9)7-17-18-6(10(11,12)13)15-16-8(18)19-7/h14H,2-5H2,1H3. The van der Waals surface area contributed by atoms with Crippen molar-refractivity contribution in [1.82, 2.24) is 25.1 Å². The number of hydrogen-bond acceptors (Lipinski definition) is 5. The van der Waals surface area contributed by atoms with Crippen LogP contribution in [0.4, 0.5) is 13.2 Å². The van der Waals surface area contributed by atoms with Crippen molar-refractivity contribution in [2.45, 2.75) is 31.4 Å². The van der Waals surface area contributed by atoms with Crippen LogP contribution in [0.25, 0.3) is 4.96 Å². The van der Waals surface area contributed by atoms with Gasteiger partial charge >= 0.3 is 6.18 Å². The Bertz CT molecular complexity index is 596. The fourth-order valence-electron chi connectivity index (χ4n) is 2.39. The normalized spacial score (nSPS) is 24.4. The van der Waals surface area contributed by atoms with E-state index in [0.717, 1.165) is 30.4 Å². The summed E-state index contributed by atoms with van der Waals surface area (Å²) in [7, 11) is 0. The van der Waals surface area contributed by atoms with Gasteiger partial charge in [-0.05, 0) is 19.4 Å². The predicted molar refractivity (Wildman–Crippen MR) is 63.1 cm³/mol. The minimum Gasteiger partial charge on any atom is -0.316 e. The van der Waals surface area contributed by atoms with Crippen LogP contribution in [0.2, 0.25) is 0 Å². The monoisotopic (exact) mass is 291 g/mol. The maximum Gasteiger partial charge on any atom is 0.453 e. The molecule has 3 heterocycles. The average Bonchev–Trinajstić information content (AvgIpc) is 3.01. The zero-order valence-corrected chi connectivity index (χ0v) is 11.0. The molecule has 1 atom stereocenters. The highest BCUT2D eigenvalue weighted by molar-refractivity contribution is 7.16. The maximum absolute atomic E-state index is 12.7. The Hall–Kier alpha value is -1.22. The molecule has 104 valence electrons. The molecule has 0 aliphatic carbocycles. The molecule has 0 amide bonds. The van der Waals surface area contributed by atoms with Crippen LogP contribution in [-0.4, -0.2) is 32.9 Å². The summed E-state index contributed by atoms with van der Waals surface area (Å²) >= 11 is 1.19. The zero-order chi connectivity index (χ0) is 13.7. The number of rotatable bonds is 2. The lowest BCUT2D eigenvalue weighted by Gasteiger charge is -2.22. The Balaban J connectivity index is 2.10. The van der Waals surface area contributed by atoms with E-state index in [4.69, 9.17) is 0 Å². The van der Waals surface area contributed by atoms with E-state index in [-0.39, 0.29) is 10.4 Å². The van der Waals surface area contributed by atoms with Gasteiger partial charge in [-0.15, -0.1) is 10.2 Å². The lowest BCUT2D eigenvalue weighted by Crippen LogP contribution is -2.28. The molecule has 2 aromatic heterocycles. The summed E-state index contributed by atoms with van der Waals surface area (Å²) in [4.78, 5) is 0.196. The van der Waals surface area contributed by atoms with Crippen molar-refractivity contribution in [3.05, 3.63) is 10.8 Å². The van der Waals surface area contributed by atoms with Crippen LogP contribution >= 0.6 is 11.3 Å². The van der Waals surface area contributed by atoms with E-state index in [1.807, 2.05) is 6.92 Å². The quantitative estimate of drug-likeness (QED) is 0.917. The summed E-state index contributed by atoms with van der Waals surface area (Å²) in [5.41, 5.74) is -0.172. The number of fused-ring (bicyclic) bond motifs is 1. The molecule has 19 heavy (non-hydrogen) atoms. The van der Waals surface area contributed by atoms with Crippen LogP contribution < -0.4 is 5.32 Å². The van der Waals surface area contributed by atoms with Gasteiger partial charge in [0, 0.05) is 12.0 Å². The van der Waals surface area contributed by atoms with Crippen molar-refractivity contribution in [2.75, 3.05) is 13.1 Å². The van der Waals surface area contributed by atoms with Gasteiger partial charge in [-0.25, -0.2) is 0 Å². The molecular formula is C10H12F3N5S. The highest BCUT2D eigenvalue weighted by Gasteiger charge is 2.41. The second-order valence-electron chi connectivity index (χ2n) is 4.68. The molecule has 0 radical (unpaired) electrons. The van der Waals surface area contributed by atoms with Gasteiger partial charge in [0.2, 0.25) is 4.96 Å². The number of halogens is 3. The summed E-state index contributed by atoms with van der Waals surface area (Å²) in [5.74, 6) is -1.05. The third-order valence-corrected chi connectivity index (χ3v) is 4.76. The van der Waals surface area contributed by atoms with Crippen molar-refractivity contribution in [3.63, 3.8) is 0 Å². The third-order valence-electron chi connectivity index (χ3n) is 3.62. The zero-order valence-electron chi connectivity index (χ0n) is 10.2. The Morgan fingerprint density at radius 3 is 2.79 bits per heavy atom. The third kappa shape index (κ3) is 1.91. The minimum absolute atomic E-state index is 0.172. The first-order valence-electron chi connectivity index (χ1n) is 5.97. The van der Waals surface area contributed by atoms with Crippen molar-refractivity contribution in [1.29, 1.82) is 0 Å². The molecule has 1 aliphatic heterocycles. The van der Waals surface area contributed by atoms with Crippen molar-refractivity contribution >= 4 is 16.3 Å². The van der Waals surface area contributed by atoms with Crippen LogP contribution in [0.5, 0.6) is 0 Å². The minimum atomic E-state index is -4.53.